The molecule has 0 fully saturated rings. The average Bonchev–Trinajstić information content (AvgIpc) is 2.14. The van der Waals surface area contributed by atoms with Crippen LogP contribution in [0.15, 0.2) is 17.0 Å². The van der Waals surface area contributed by atoms with Crippen LogP contribution in [0.3, 0.4) is 0 Å². The van der Waals surface area contributed by atoms with E-state index < -0.39 is 33.3 Å². The topological polar surface area (TPSA) is 91.7 Å². The molecule has 5 nitrogen and oxygen atoms in total. The van der Waals surface area contributed by atoms with E-state index in [0.717, 1.165) is 18.4 Å². The lowest BCUT2D eigenvalue weighted by molar-refractivity contribution is -0.147. The van der Waals surface area contributed by atoms with Gasteiger partial charge in [-0.15, -0.1) is 0 Å². The molecule has 0 amide bonds. The third-order valence-corrected chi connectivity index (χ3v) is 3.46. The summed E-state index contributed by atoms with van der Waals surface area (Å²) in [5, 5.41) is 17.8. The first-order valence-electron chi connectivity index (χ1n) is 4.55. The van der Waals surface area contributed by atoms with Crippen LogP contribution in [0.5, 0.6) is 0 Å². The molecule has 0 aliphatic rings. The van der Waals surface area contributed by atoms with Crippen LogP contribution in [0.25, 0.3) is 0 Å². The van der Waals surface area contributed by atoms with Gasteiger partial charge in [0.2, 0.25) is 0 Å². The molecule has 1 unspecified atom stereocenters. The minimum Gasteiger partial charge on any atom is -0.479 e. The van der Waals surface area contributed by atoms with Gasteiger partial charge >= 0.3 is 5.97 Å². The number of carboxylic acid groups (broad SMARTS) is 1. The molecule has 0 saturated carbocycles. The van der Waals surface area contributed by atoms with Gasteiger partial charge < -0.3 is 10.2 Å². The van der Waals surface area contributed by atoms with Crippen molar-refractivity contribution in [1.29, 1.82) is 0 Å². The van der Waals surface area contributed by atoms with Crippen molar-refractivity contribution in [3.8, 4) is 0 Å². The Hall–Kier alpha value is -1.47. The second-order valence-electron chi connectivity index (χ2n) is 3.65. The molecule has 2 N–H and O–H groups in total. The fraction of sp³-hybridized carbons (Fsp3) is 0.300. The summed E-state index contributed by atoms with van der Waals surface area (Å²) in [6, 6.07) is 1.73. The molecule has 1 rings (SSSR count). The van der Waals surface area contributed by atoms with Gasteiger partial charge in [0, 0.05) is 11.8 Å². The predicted molar refractivity (Wildman–Crippen MR) is 56.8 cm³/mol. The summed E-state index contributed by atoms with van der Waals surface area (Å²) in [6.45, 7) is 1.39. The summed E-state index contributed by atoms with van der Waals surface area (Å²) in [4.78, 5) is 10.3. The number of halogens is 1. The van der Waals surface area contributed by atoms with Crippen molar-refractivity contribution < 1.29 is 27.8 Å². The van der Waals surface area contributed by atoms with Crippen molar-refractivity contribution in [2.75, 3.05) is 6.26 Å². The number of aliphatic carboxylic acids is 1. The van der Waals surface area contributed by atoms with Gasteiger partial charge in [0.15, 0.2) is 15.9 Å². The van der Waals surface area contributed by atoms with E-state index in [1.54, 1.807) is 0 Å². The molecule has 0 radical (unpaired) electrons. The van der Waals surface area contributed by atoms with Gasteiger partial charge in [-0.05, 0) is 24.6 Å². The maximum atomic E-state index is 13.4. The fourth-order valence-corrected chi connectivity index (χ4v) is 2.40. The standard InChI is InChI=1S/C10H11FO5S/c1-5-3-7(11)6(9(12)10(13)14)4-8(5)17(2,15)16/h3-4,9,12H,1-2H3,(H,13,14). The SMILES string of the molecule is Cc1cc(F)c(C(O)C(=O)O)cc1S(C)(=O)=O. The number of aliphatic hydroxyl groups is 1. The van der Waals surface area contributed by atoms with Crippen molar-refractivity contribution in [3.05, 3.63) is 29.1 Å². The Balaban J connectivity index is 3.50. The zero-order chi connectivity index (χ0) is 13.4. The molecule has 0 bridgehead atoms. The number of carboxylic acids is 1. The minimum atomic E-state index is -3.60. The van der Waals surface area contributed by atoms with Gasteiger partial charge in [0.1, 0.15) is 5.82 Å². The summed E-state index contributed by atoms with van der Waals surface area (Å²) >= 11 is 0. The van der Waals surface area contributed by atoms with Crippen molar-refractivity contribution in [2.45, 2.75) is 17.9 Å². The molecular weight excluding hydrogens is 251 g/mol. The van der Waals surface area contributed by atoms with Gasteiger partial charge in [-0.25, -0.2) is 17.6 Å². The number of benzene rings is 1. The first-order chi connectivity index (χ1) is 7.64. The number of hydrogen-bond donors (Lipinski definition) is 2. The molecule has 0 saturated heterocycles. The van der Waals surface area contributed by atoms with Crippen LogP contribution < -0.4 is 0 Å². The smallest absolute Gasteiger partial charge is 0.337 e. The Kier molecular flexibility index (Phi) is 3.53. The minimum absolute atomic E-state index is 0.159. The van der Waals surface area contributed by atoms with E-state index in [9.17, 15) is 22.7 Å². The Morgan fingerprint density at radius 1 is 1.41 bits per heavy atom. The van der Waals surface area contributed by atoms with Gasteiger partial charge in [-0.1, -0.05) is 0 Å². The zero-order valence-corrected chi connectivity index (χ0v) is 9.95. The highest BCUT2D eigenvalue weighted by atomic mass is 32.2. The van der Waals surface area contributed by atoms with Crippen molar-refractivity contribution >= 4 is 15.8 Å². The van der Waals surface area contributed by atoms with Gasteiger partial charge in [-0.3, -0.25) is 0 Å². The molecular formula is C10H11FO5S. The quantitative estimate of drug-likeness (QED) is 0.780. The molecule has 0 heterocycles. The number of aryl methyl sites for hydroxylation is 1. The second-order valence-corrected chi connectivity index (χ2v) is 5.64. The predicted octanol–water partition coefficient (Wildman–Crippen LogP) is 0.656. The van der Waals surface area contributed by atoms with Gasteiger partial charge in [-0.2, -0.15) is 0 Å². The molecule has 0 aromatic heterocycles. The van der Waals surface area contributed by atoms with Crippen LogP contribution >= 0.6 is 0 Å². The van der Waals surface area contributed by atoms with Crippen molar-refractivity contribution in [3.63, 3.8) is 0 Å². The van der Waals surface area contributed by atoms with E-state index in [0.29, 0.717) is 0 Å². The number of aliphatic hydroxyl groups excluding tert-OH is 1. The molecule has 1 aromatic carbocycles. The molecule has 94 valence electrons. The van der Waals surface area contributed by atoms with Crippen LogP contribution in [-0.4, -0.2) is 30.9 Å². The normalized spacial score (nSPS) is 13.4. The van der Waals surface area contributed by atoms with Crippen molar-refractivity contribution in [2.24, 2.45) is 0 Å². The lowest BCUT2D eigenvalue weighted by Gasteiger charge is -2.11. The summed E-state index contributed by atoms with van der Waals surface area (Å²) in [7, 11) is -3.60. The molecule has 0 aliphatic carbocycles. The average molecular weight is 262 g/mol. The summed E-state index contributed by atoms with van der Waals surface area (Å²) in [6.07, 6.45) is -1.17. The Labute approximate surface area is 97.4 Å². The molecule has 0 spiro atoms. The fourth-order valence-electron chi connectivity index (χ4n) is 1.41. The van der Waals surface area contributed by atoms with Gasteiger partial charge in [0.25, 0.3) is 0 Å². The largest absolute Gasteiger partial charge is 0.479 e. The summed E-state index contributed by atoms with van der Waals surface area (Å²) in [5.74, 6) is -2.60. The molecule has 0 aliphatic heterocycles. The molecule has 1 atom stereocenters. The van der Waals surface area contributed by atoms with Crippen LogP contribution in [-0.2, 0) is 14.6 Å². The Morgan fingerprint density at radius 3 is 2.35 bits per heavy atom. The third kappa shape index (κ3) is 2.80. The van der Waals surface area contributed by atoms with Crippen LogP contribution in [0.1, 0.15) is 17.2 Å². The van der Waals surface area contributed by atoms with E-state index in [2.05, 4.69) is 0 Å². The summed E-state index contributed by atoms with van der Waals surface area (Å²) < 4.78 is 36.1. The highest BCUT2D eigenvalue weighted by molar-refractivity contribution is 7.90. The van der Waals surface area contributed by atoms with Gasteiger partial charge in [0.05, 0.1) is 4.90 Å². The van der Waals surface area contributed by atoms with E-state index >= 15 is 0 Å². The number of rotatable bonds is 3. The Morgan fingerprint density at radius 2 is 1.94 bits per heavy atom. The maximum Gasteiger partial charge on any atom is 0.337 e. The first kappa shape index (κ1) is 13.6. The second kappa shape index (κ2) is 4.42. The number of carbonyl (C=O) groups is 1. The maximum absolute atomic E-state index is 13.4. The van der Waals surface area contributed by atoms with Crippen LogP contribution in [0.2, 0.25) is 0 Å². The lowest BCUT2D eigenvalue weighted by atomic mass is 10.1. The highest BCUT2D eigenvalue weighted by Crippen LogP contribution is 2.24. The Bertz CT molecular complexity index is 564. The van der Waals surface area contributed by atoms with E-state index in [1.165, 1.54) is 6.92 Å². The van der Waals surface area contributed by atoms with E-state index in [1.807, 2.05) is 0 Å². The number of sulfone groups is 1. The highest BCUT2D eigenvalue weighted by Gasteiger charge is 2.23. The molecule has 17 heavy (non-hydrogen) atoms. The van der Waals surface area contributed by atoms with Crippen LogP contribution in [0.4, 0.5) is 4.39 Å². The third-order valence-electron chi connectivity index (χ3n) is 2.22. The summed E-state index contributed by atoms with van der Waals surface area (Å²) in [5.41, 5.74) is -0.408. The lowest BCUT2D eigenvalue weighted by Crippen LogP contribution is -2.14. The van der Waals surface area contributed by atoms with Crippen molar-refractivity contribution in [1.82, 2.24) is 0 Å². The van der Waals surface area contributed by atoms with Crippen LogP contribution in [0, 0.1) is 12.7 Å². The first-order valence-corrected chi connectivity index (χ1v) is 6.44. The van der Waals surface area contributed by atoms with E-state index in [-0.39, 0.29) is 10.5 Å². The number of hydrogen-bond acceptors (Lipinski definition) is 4. The zero-order valence-electron chi connectivity index (χ0n) is 9.14. The molecule has 7 heteroatoms. The molecule has 1 aromatic rings. The van der Waals surface area contributed by atoms with E-state index in [4.69, 9.17) is 5.11 Å². The monoisotopic (exact) mass is 262 g/mol.